The van der Waals surface area contributed by atoms with Gasteiger partial charge >= 0.3 is 0 Å². The molecule has 6 heteroatoms. The number of nitrogen functional groups attached to an aromatic ring is 1. The summed E-state index contributed by atoms with van der Waals surface area (Å²) in [7, 11) is 0. The predicted molar refractivity (Wildman–Crippen MR) is 83.8 cm³/mol. The minimum Gasteiger partial charge on any atom is -0.399 e. The van der Waals surface area contributed by atoms with Crippen LogP contribution in [0.25, 0.3) is 10.2 Å². The molecule has 1 aromatic heterocycles. The second kappa shape index (κ2) is 4.89. The molecule has 0 atom stereocenters. The Morgan fingerprint density at radius 3 is 2.84 bits per heavy atom. The highest BCUT2D eigenvalue weighted by atomic mass is 35.5. The molecule has 96 valence electrons. The summed E-state index contributed by atoms with van der Waals surface area (Å²) < 4.78 is 1.03. The van der Waals surface area contributed by atoms with Crippen LogP contribution < -0.4 is 11.1 Å². The Morgan fingerprint density at radius 2 is 2.00 bits per heavy atom. The van der Waals surface area contributed by atoms with E-state index in [9.17, 15) is 0 Å². The number of fused-ring (bicyclic) bond motifs is 1. The molecule has 0 aliphatic rings. The molecule has 0 unspecified atom stereocenters. The maximum atomic E-state index is 6.13. The van der Waals surface area contributed by atoms with E-state index < -0.39 is 0 Å². The standard InChI is InChI=1S/C13H9Cl2N3S/c14-8-2-1-3-10(12(8)15)18-13-17-9-5-4-7(16)6-11(9)19-13/h1-6H,16H2,(H,17,18). The van der Waals surface area contributed by atoms with E-state index in [1.807, 2.05) is 30.3 Å². The van der Waals surface area contributed by atoms with Gasteiger partial charge in [-0.3, -0.25) is 0 Å². The van der Waals surface area contributed by atoms with Gasteiger partial charge in [-0.05, 0) is 30.3 Å². The Morgan fingerprint density at radius 1 is 1.16 bits per heavy atom. The highest BCUT2D eigenvalue weighted by Gasteiger charge is 2.08. The van der Waals surface area contributed by atoms with Crippen molar-refractivity contribution >= 4 is 61.3 Å². The van der Waals surface area contributed by atoms with E-state index in [0.717, 1.165) is 26.7 Å². The quantitative estimate of drug-likeness (QED) is 0.660. The van der Waals surface area contributed by atoms with Crippen LogP contribution in [0.5, 0.6) is 0 Å². The molecule has 0 amide bonds. The van der Waals surface area contributed by atoms with Gasteiger partial charge in [-0.15, -0.1) is 0 Å². The van der Waals surface area contributed by atoms with Crippen molar-refractivity contribution in [3.05, 3.63) is 46.4 Å². The van der Waals surface area contributed by atoms with Crippen LogP contribution >= 0.6 is 34.5 Å². The third-order valence-corrected chi connectivity index (χ3v) is 4.36. The van der Waals surface area contributed by atoms with Crippen molar-refractivity contribution in [2.45, 2.75) is 0 Å². The molecule has 0 saturated heterocycles. The van der Waals surface area contributed by atoms with Crippen LogP contribution in [-0.2, 0) is 0 Å². The fourth-order valence-corrected chi connectivity index (χ4v) is 2.98. The van der Waals surface area contributed by atoms with Gasteiger partial charge in [0.2, 0.25) is 0 Å². The highest BCUT2D eigenvalue weighted by molar-refractivity contribution is 7.22. The van der Waals surface area contributed by atoms with Gasteiger partial charge in [-0.25, -0.2) is 4.98 Å². The first-order chi connectivity index (χ1) is 9.13. The number of halogens is 2. The van der Waals surface area contributed by atoms with Crippen molar-refractivity contribution in [3.63, 3.8) is 0 Å². The summed E-state index contributed by atoms with van der Waals surface area (Å²) in [6.45, 7) is 0. The third-order valence-electron chi connectivity index (χ3n) is 2.61. The number of hydrogen-bond acceptors (Lipinski definition) is 4. The lowest BCUT2D eigenvalue weighted by Crippen LogP contribution is -1.90. The van der Waals surface area contributed by atoms with Crippen LogP contribution in [-0.4, -0.2) is 4.98 Å². The van der Waals surface area contributed by atoms with Crippen LogP contribution in [0.3, 0.4) is 0 Å². The monoisotopic (exact) mass is 309 g/mol. The molecular formula is C13H9Cl2N3S. The Labute approximate surface area is 124 Å². The average Bonchev–Trinajstić information content (AvgIpc) is 2.76. The van der Waals surface area contributed by atoms with E-state index >= 15 is 0 Å². The first kappa shape index (κ1) is 12.5. The molecule has 3 aromatic rings. The van der Waals surface area contributed by atoms with Crippen molar-refractivity contribution in [3.8, 4) is 0 Å². The van der Waals surface area contributed by atoms with Crippen molar-refractivity contribution in [2.75, 3.05) is 11.1 Å². The molecular weight excluding hydrogens is 301 g/mol. The summed E-state index contributed by atoms with van der Waals surface area (Å²) in [6, 6.07) is 11.1. The van der Waals surface area contributed by atoms with Crippen LogP contribution in [0, 0.1) is 0 Å². The smallest absolute Gasteiger partial charge is 0.188 e. The lowest BCUT2D eigenvalue weighted by Gasteiger charge is -2.05. The fraction of sp³-hybridized carbons (Fsp3) is 0. The van der Waals surface area contributed by atoms with Crippen LogP contribution in [0.4, 0.5) is 16.5 Å². The van der Waals surface area contributed by atoms with Crippen molar-refractivity contribution < 1.29 is 0 Å². The molecule has 0 aliphatic carbocycles. The molecule has 19 heavy (non-hydrogen) atoms. The maximum Gasteiger partial charge on any atom is 0.188 e. The first-order valence-corrected chi connectivity index (χ1v) is 7.08. The van der Waals surface area contributed by atoms with Gasteiger partial charge in [0.1, 0.15) is 0 Å². The minimum atomic E-state index is 0.489. The number of rotatable bonds is 2. The van der Waals surface area contributed by atoms with Gasteiger partial charge in [0.05, 0.1) is 25.9 Å². The molecule has 0 spiro atoms. The number of nitrogens with two attached hydrogens (primary N) is 1. The summed E-state index contributed by atoms with van der Waals surface area (Å²) in [5.74, 6) is 0. The van der Waals surface area contributed by atoms with E-state index in [0.29, 0.717) is 10.0 Å². The first-order valence-electron chi connectivity index (χ1n) is 5.50. The van der Waals surface area contributed by atoms with Crippen molar-refractivity contribution in [2.24, 2.45) is 0 Å². The fourth-order valence-electron chi connectivity index (χ4n) is 1.71. The lowest BCUT2D eigenvalue weighted by molar-refractivity contribution is 1.44. The van der Waals surface area contributed by atoms with Gasteiger partial charge in [0.15, 0.2) is 5.13 Å². The number of aromatic nitrogens is 1. The third kappa shape index (κ3) is 2.47. The van der Waals surface area contributed by atoms with E-state index in [2.05, 4.69) is 10.3 Å². The summed E-state index contributed by atoms with van der Waals surface area (Å²) in [5, 5.41) is 4.93. The zero-order valence-electron chi connectivity index (χ0n) is 9.65. The second-order valence-electron chi connectivity index (χ2n) is 3.97. The largest absolute Gasteiger partial charge is 0.399 e. The molecule has 3 nitrogen and oxygen atoms in total. The Kier molecular flexibility index (Phi) is 3.22. The number of benzene rings is 2. The van der Waals surface area contributed by atoms with Gasteiger partial charge in [0.25, 0.3) is 0 Å². The Hall–Kier alpha value is -1.49. The predicted octanol–water partition coefficient (Wildman–Crippen LogP) is 4.93. The van der Waals surface area contributed by atoms with Crippen LogP contribution in [0.1, 0.15) is 0 Å². The Bertz CT molecular complexity index is 755. The summed E-state index contributed by atoms with van der Waals surface area (Å²) in [6.07, 6.45) is 0. The average molecular weight is 310 g/mol. The molecule has 0 aliphatic heterocycles. The molecule has 2 aromatic carbocycles. The zero-order valence-corrected chi connectivity index (χ0v) is 12.0. The molecule has 1 heterocycles. The second-order valence-corrected chi connectivity index (χ2v) is 5.79. The minimum absolute atomic E-state index is 0.489. The maximum absolute atomic E-state index is 6.13. The summed E-state index contributed by atoms with van der Waals surface area (Å²) in [5.41, 5.74) is 8.11. The number of hydrogen-bond donors (Lipinski definition) is 2. The highest BCUT2D eigenvalue weighted by Crippen LogP contribution is 2.34. The topological polar surface area (TPSA) is 50.9 Å². The number of thiazole rings is 1. The molecule has 0 radical (unpaired) electrons. The molecule has 3 N–H and O–H groups in total. The number of anilines is 3. The molecule has 3 rings (SSSR count). The number of nitrogens with zero attached hydrogens (tertiary/aromatic N) is 1. The molecule has 0 saturated carbocycles. The molecule has 0 fully saturated rings. The summed E-state index contributed by atoms with van der Waals surface area (Å²) in [4.78, 5) is 4.47. The normalized spacial score (nSPS) is 10.8. The van der Waals surface area contributed by atoms with Gasteiger partial charge in [-0.1, -0.05) is 40.6 Å². The number of nitrogens with one attached hydrogen (secondary N) is 1. The van der Waals surface area contributed by atoms with Crippen molar-refractivity contribution in [1.82, 2.24) is 4.98 Å². The van der Waals surface area contributed by atoms with Crippen molar-refractivity contribution in [1.29, 1.82) is 0 Å². The van der Waals surface area contributed by atoms with Crippen LogP contribution in [0.2, 0.25) is 10.0 Å². The van der Waals surface area contributed by atoms with E-state index in [1.54, 1.807) is 6.07 Å². The van der Waals surface area contributed by atoms with Gasteiger partial charge in [0, 0.05) is 5.69 Å². The van der Waals surface area contributed by atoms with E-state index in [1.165, 1.54) is 11.3 Å². The van der Waals surface area contributed by atoms with E-state index in [-0.39, 0.29) is 0 Å². The SMILES string of the molecule is Nc1ccc2nc(Nc3cccc(Cl)c3Cl)sc2c1. The van der Waals surface area contributed by atoms with E-state index in [4.69, 9.17) is 28.9 Å². The van der Waals surface area contributed by atoms with Crippen LogP contribution in [0.15, 0.2) is 36.4 Å². The lowest BCUT2D eigenvalue weighted by atomic mass is 10.3. The van der Waals surface area contributed by atoms with Gasteiger partial charge in [-0.2, -0.15) is 0 Å². The summed E-state index contributed by atoms with van der Waals surface area (Å²) >= 11 is 13.6. The zero-order chi connectivity index (χ0) is 13.4. The Balaban J connectivity index is 1.99. The molecule has 0 bridgehead atoms. The van der Waals surface area contributed by atoms with Gasteiger partial charge < -0.3 is 11.1 Å².